The van der Waals surface area contributed by atoms with Crippen molar-refractivity contribution in [2.75, 3.05) is 6.61 Å². The minimum absolute atomic E-state index is 0.278. The van der Waals surface area contributed by atoms with E-state index in [1.165, 1.54) is 0 Å². The molecule has 0 saturated carbocycles. The molecule has 2 rings (SSSR count). The summed E-state index contributed by atoms with van der Waals surface area (Å²) in [6.45, 7) is 6.94. The van der Waals surface area contributed by atoms with Crippen molar-refractivity contribution in [2.24, 2.45) is 0 Å². The molecule has 5 heteroatoms. The Hall–Kier alpha value is -1.91. The van der Waals surface area contributed by atoms with Crippen molar-refractivity contribution < 1.29 is 4.74 Å². The summed E-state index contributed by atoms with van der Waals surface area (Å²) < 4.78 is 7.37. The lowest BCUT2D eigenvalue weighted by atomic mass is 10.2. The summed E-state index contributed by atoms with van der Waals surface area (Å²) >= 11 is 0. The molecule has 0 fully saturated rings. The van der Waals surface area contributed by atoms with Gasteiger partial charge in [-0.1, -0.05) is 26.8 Å². The van der Waals surface area contributed by atoms with Gasteiger partial charge in [0.25, 0.3) is 0 Å². The molecule has 1 aromatic carbocycles. The molecule has 1 aromatic heterocycles. The standard InChI is InChI=1S/C13H18N4O/c1-4-8-18-12-7-5-6-11(9-12)17-13(10(2)3)14-15-16-17/h5-7,9-10H,4,8H2,1-3H3. The van der Waals surface area contributed by atoms with Crippen LogP contribution in [-0.4, -0.2) is 26.8 Å². The molecule has 96 valence electrons. The Morgan fingerprint density at radius 1 is 1.33 bits per heavy atom. The highest BCUT2D eigenvalue weighted by atomic mass is 16.5. The van der Waals surface area contributed by atoms with Gasteiger partial charge in [-0.3, -0.25) is 0 Å². The number of hydrogen-bond donors (Lipinski definition) is 0. The molecule has 0 saturated heterocycles. The van der Waals surface area contributed by atoms with Gasteiger partial charge in [0.1, 0.15) is 5.75 Å². The third-order valence-electron chi connectivity index (χ3n) is 2.55. The van der Waals surface area contributed by atoms with Crippen molar-refractivity contribution in [1.29, 1.82) is 0 Å². The maximum atomic E-state index is 5.61. The second-order valence-electron chi connectivity index (χ2n) is 4.45. The summed E-state index contributed by atoms with van der Waals surface area (Å²) in [7, 11) is 0. The van der Waals surface area contributed by atoms with Gasteiger partial charge in [-0.25, -0.2) is 0 Å². The summed E-state index contributed by atoms with van der Waals surface area (Å²) in [4.78, 5) is 0. The molecule has 0 unspecified atom stereocenters. The van der Waals surface area contributed by atoms with Crippen LogP contribution in [0.1, 0.15) is 38.9 Å². The fourth-order valence-electron chi connectivity index (χ4n) is 1.66. The van der Waals surface area contributed by atoms with Crippen LogP contribution < -0.4 is 4.74 Å². The Kier molecular flexibility index (Phi) is 3.92. The highest BCUT2D eigenvalue weighted by Gasteiger charge is 2.12. The first-order valence-corrected chi connectivity index (χ1v) is 6.24. The molecule has 0 amide bonds. The van der Waals surface area contributed by atoms with Gasteiger partial charge in [-0.05, 0) is 29.0 Å². The van der Waals surface area contributed by atoms with Crippen LogP contribution in [0.2, 0.25) is 0 Å². The summed E-state index contributed by atoms with van der Waals surface area (Å²) in [5.41, 5.74) is 0.928. The topological polar surface area (TPSA) is 52.8 Å². The largest absolute Gasteiger partial charge is 0.494 e. The quantitative estimate of drug-likeness (QED) is 0.813. The first-order valence-electron chi connectivity index (χ1n) is 6.24. The number of benzene rings is 1. The van der Waals surface area contributed by atoms with E-state index >= 15 is 0 Å². The molecule has 0 bridgehead atoms. The number of ether oxygens (including phenoxy) is 1. The molecule has 0 aliphatic carbocycles. The molecule has 0 radical (unpaired) electrons. The minimum Gasteiger partial charge on any atom is -0.494 e. The number of tetrazole rings is 1. The molecule has 0 N–H and O–H groups in total. The van der Waals surface area contributed by atoms with E-state index < -0.39 is 0 Å². The van der Waals surface area contributed by atoms with E-state index in [2.05, 4.69) is 36.3 Å². The third kappa shape index (κ3) is 2.67. The van der Waals surface area contributed by atoms with E-state index in [4.69, 9.17) is 4.74 Å². The SMILES string of the molecule is CCCOc1cccc(-n2nnnc2C(C)C)c1. The molecule has 5 nitrogen and oxygen atoms in total. The monoisotopic (exact) mass is 246 g/mol. The zero-order valence-corrected chi connectivity index (χ0v) is 11.0. The Morgan fingerprint density at radius 2 is 2.17 bits per heavy atom. The average Bonchev–Trinajstić information content (AvgIpc) is 2.86. The van der Waals surface area contributed by atoms with Crippen molar-refractivity contribution in [3.63, 3.8) is 0 Å². The predicted molar refractivity (Wildman–Crippen MR) is 69.0 cm³/mol. The van der Waals surface area contributed by atoms with Crippen LogP contribution >= 0.6 is 0 Å². The van der Waals surface area contributed by atoms with E-state index in [0.29, 0.717) is 0 Å². The molecule has 0 aliphatic heterocycles. The maximum Gasteiger partial charge on any atom is 0.159 e. The van der Waals surface area contributed by atoms with Gasteiger partial charge in [0.05, 0.1) is 12.3 Å². The molecular formula is C13H18N4O. The van der Waals surface area contributed by atoms with Crippen molar-refractivity contribution in [2.45, 2.75) is 33.1 Å². The van der Waals surface area contributed by atoms with Gasteiger partial charge < -0.3 is 4.74 Å². The molecular weight excluding hydrogens is 228 g/mol. The van der Waals surface area contributed by atoms with Crippen molar-refractivity contribution in [1.82, 2.24) is 20.2 Å². The van der Waals surface area contributed by atoms with Gasteiger partial charge in [-0.2, -0.15) is 4.68 Å². The fourth-order valence-corrected chi connectivity index (χ4v) is 1.66. The molecule has 0 atom stereocenters. The lowest BCUT2D eigenvalue weighted by Crippen LogP contribution is -2.05. The predicted octanol–water partition coefficient (Wildman–Crippen LogP) is 2.57. The first kappa shape index (κ1) is 12.5. The zero-order chi connectivity index (χ0) is 13.0. The Morgan fingerprint density at radius 3 is 2.89 bits per heavy atom. The van der Waals surface area contributed by atoms with Gasteiger partial charge in [0.2, 0.25) is 0 Å². The van der Waals surface area contributed by atoms with Crippen molar-refractivity contribution in [3.8, 4) is 11.4 Å². The van der Waals surface area contributed by atoms with E-state index in [-0.39, 0.29) is 5.92 Å². The normalized spacial score (nSPS) is 10.9. The van der Waals surface area contributed by atoms with Crippen molar-refractivity contribution >= 4 is 0 Å². The average molecular weight is 246 g/mol. The van der Waals surface area contributed by atoms with Crippen LogP contribution in [0.3, 0.4) is 0 Å². The van der Waals surface area contributed by atoms with Crippen LogP contribution in [0.5, 0.6) is 5.75 Å². The number of hydrogen-bond acceptors (Lipinski definition) is 4. The summed E-state index contributed by atoms with van der Waals surface area (Å²) in [6.07, 6.45) is 0.992. The number of rotatable bonds is 5. The van der Waals surface area contributed by atoms with E-state index in [0.717, 1.165) is 30.3 Å². The molecule has 0 aliphatic rings. The van der Waals surface area contributed by atoms with Gasteiger partial charge in [0, 0.05) is 12.0 Å². The molecule has 1 heterocycles. The lowest BCUT2D eigenvalue weighted by molar-refractivity contribution is 0.317. The van der Waals surface area contributed by atoms with Crippen LogP contribution in [0.15, 0.2) is 24.3 Å². The first-order chi connectivity index (χ1) is 8.72. The van der Waals surface area contributed by atoms with Crippen LogP contribution in [0, 0.1) is 0 Å². The van der Waals surface area contributed by atoms with E-state index in [9.17, 15) is 0 Å². The van der Waals surface area contributed by atoms with E-state index in [1.807, 2.05) is 24.3 Å². The third-order valence-corrected chi connectivity index (χ3v) is 2.55. The summed E-state index contributed by atoms with van der Waals surface area (Å²) in [6, 6.07) is 7.82. The molecule has 2 aromatic rings. The Labute approximate surface area is 107 Å². The second-order valence-corrected chi connectivity index (χ2v) is 4.45. The number of aromatic nitrogens is 4. The fraction of sp³-hybridized carbons (Fsp3) is 0.462. The molecule has 0 spiro atoms. The van der Waals surface area contributed by atoms with Crippen LogP contribution in [-0.2, 0) is 0 Å². The van der Waals surface area contributed by atoms with E-state index in [1.54, 1.807) is 4.68 Å². The minimum atomic E-state index is 0.278. The van der Waals surface area contributed by atoms with Crippen LogP contribution in [0.4, 0.5) is 0 Å². The zero-order valence-electron chi connectivity index (χ0n) is 11.0. The highest BCUT2D eigenvalue weighted by Crippen LogP contribution is 2.19. The van der Waals surface area contributed by atoms with Gasteiger partial charge in [0.15, 0.2) is 5.82 Å². The van der Waals surface area contributed by atoms with Gasteiger partial charge in [-0.15, -0.1) is 5.10 Å². The number of nitrogens with zero attached hydrogens (tertiary/aromatic N) is 4. The summed E-state index contributed by atoms with van der Waals surface area (Å²) in [5.74, 6) is 1.97. The lowest BCUT2D eigenvalue weighted by Gasteiger charge is -2.09. The highest BCUT2D eigenvalue weighted by molar-refractivity contribution is 5.39. The summed E-state index contributed by atoms with van der Waals surface area (Å²) in [5, 5.41) is 11.8. The van der Waals surface area contributed by atoms with Crippen LogP contribution in [0.25, 0.3) is 5.69 Å². The van der Waals surface area contributed by atoms with Crippen molar-refractivity contribution in [3.05, 3.63) is 30.1 Å². The molecule has 18 heavy (non-hydrogen) atoms. The Bertz CT molecular complexity index is 507. The Balaban J connectivity index is 2.29. The maximum absolute atomic E-state index is 5.61. The smallest absolute Gasteiger partial charge is 0.159 e. The van der Waals surface area contributed by atoms with Gasteiger partial charge >= 0.3 is 0 Å². The second kappa shape index (κ2) is 5.62.